The van der Waals surface area contributed by atoms with Crippen molar-refractivity contribution in [3.05, 3.63) is 88.5 Å². The van der Waals surface area contributed by atoms with Gasteiger partial charge in [-0.15, -0.1) is 5.54 Å². The summed E-state index contributed by atoms with van der Waals surface area (Å²) in [5.74, 6) is 3.52. The summed E-state index contributed by atoms with van der Waals surface area (Å²) in [6, 6.07) is 21.1. The SMILES string of the molecule is Cc1c(C#C[Si](C)(C)C)cc(CNC(=O)OCC2c3ccccc3-c3ccccc32)cc1N1CCNCC1. The normalized spacial score (nSPS) is 14.8. The van der Waals surface area contributed by atoms with E-state index in [1.165, 1.54) is 33.5 Å². The molecule has 1 amide bonds. The highest BCUT2D eigenvalue weighted by Crippen LogP contribution is 2.44. The number of benzene rings is 3. The molecule has 196 valence electrons. The quantitative estimate of drug-likeness (QED) is 0.334. The number of carbonyl (C=O) groups excluding carboxylic acids is 1. The Hall–Kier alpha value is -3.53. The van der Waals surface area contributed by atoms with Gasteiger partial charge in [0.2, 0.25) is 0 Å². The molecule has 2 N–H and O–H groups in total. The smallest absolute Gasteiger partial charge is 0.407 e. The van der Waals surface area contributed by atoms with Crippen molar-refractivity contribution in [2.75, 3.05) is 37.7 Å². The van der Waals surface area contributed by atoms with Crippen molar-refractivity contribution in [2.45, 2.75) is 39.0 Å². The summed E-state index contributed by atoms with van der Waals surface area (Å²) in [6.07, 6.45) is -0.397. The molecule has 1 aliphatic carbocycles. The molecule has 1 saturated heterocycles. The first-order valence-electron chi connectivity index (χ1n) is 13.5. The van der Waals surface area contributed by atoms with Crippen LogP contribution >= 0.6 is 0 Å². The van der Waals surface area contributed by atoms with E-state index in [9.17, 15) is 4.79 Å². The summed E-state index contributed by atoms with van der Waals surface area (Å²) in [4.78, 5) is 15.2. The van der Waals surface area contributed by atoms with E-state index >= 15 is 0 Å². The van der Waals surface area contributed by atoms with Gasteiger partial charge in [-0.05, 0) is 52.4 Å². The minimum Gasteiger partial charge on any atom is -0.449 e. The summed E-state index contributed by atoms with van der Waals surface area (Å²) in [7, 11) is -1.52. The van der Waals surface area contributed by atoms with E-state index in [4.69, 9.17) is 4.74 Å². The molecule has 2 aliphatic rings. The number of fused-ring (bicyclic) bond motifs is 3. The van der Waals surface area contributed by atoms with E-state index in [2.05, 4.69) is 102 Å². The zero-order chi connectivity index (χ0) is 26.7. The van der Waals surface area contributed by atoms with Crippen LogP contribution in [0.4, 0.5) is 10.5 Å². The van der Waals surface area contributed by atoms with Gasteiger partial charge in [0.1, 0.15) is 14.7 Å². The molecule has 0 aromatic heterocycles. The van der Waals surface area contributed by atoms with Crippen molar-refractivity contribution in [2.24, 2.45) is 0 Å². The predicted octanol–water partition coefficient (Wildman–Crippen LogP) is 5.67. The van der Waals surface area contributed by atoms with E-state index in [1.807, 2.05) is 12.1 Å². The largest absolute Gasteiger partial charge is 0.449 e. The average Bonchev–Trinajstić information content (AvgIpc) is 3.24. The van der Waals surface area contributed by atoms with Gasteiger partial charge >= 0.3 is 6.09 Å². The second-order valence-electron chi connectivity index (χ2n) is 11.2. The summed E-state index contributed by atoms with van der Waals surface area (Å²) in [5.41, 5.74) is 12.9. The van der Waals surface area contributed by atoms with Gasteiger partial charge in [0.05, 0.1) is 0 Å². The number of piperazine rings is 1. The fourth-order valence-corrected chi connectivity index (χ4v) is 5.81. The van der Waals surface area contributed by atoms with Gasteiger partial charge in [-0.1, -0.05) is 74.1 Å². The lowest BCUT2D eigenvalue weighted by Gasteiger charge is -2.31. The lowest BCUT2D eigenvalue weighted by molar-refractivity contribution is 0.142. The second kappa shape index (κ2) is 11.1. The summed E-state index contributed by atoms with van der Waals surface area (Å²) in [6.45, 7) is 13.5. The third-order valence-corrected chi connectivity index (χ3v) is 8.13. The van der Waals surface area contributed by atoms with Crippen LogP contribution in [0.1, 0.15) is 33.7 Å². The number of rotatable bonds is 5. The molecule has 0 spiro atoms. The number of anilines is 1. The Labute approximate surface area is 227 Å². The van der Waals surface area contributed by atoms with Crippen molar-refractivity contribution < 1.29 is 9.53 Å². The zero-order valence-electron chi connectivity index (χ0n) is 22.9. The lowest BCUT2D eigenvalue weighted by atomic mass is 9.98. The molecule has 5 rings (SSSR count). The second-order valence-corrected chi connectivity index (χ2v) is 16.0. The minimum absolute atomic E-state index is 0.0512. The Balaban J connectivity index is 1.30. The van der Waals surface area contributed by atoms with Gasteiger partial charge in [0, 0.05) is 49.9 Å². The van der Waals surface area contributed by atoms with Gasteiger partial charge in [-0.25, -0.2) is 4.79 Å². The van der Waals surface area contributed by atoms with Crippen LogP contribution in [0.15, 0.2) is 60.7 Å². The first-order valence-corrected chi connectivity index (χ1v) is 17.0. The monoisotopic (exact) mass is 523 g/mol. The van der Waals surface area contributed by atoms with Crippen molar-refractivity contribution in [3.8, 4) is 22.6 Å². The summed E-state index contributed by atoms with van der Waals surface area (Å²) < 4.78 is 5.76. The molecule has 1 heterocycles. The van der Waals surface area contributed by atoms with Crippen LogP contribution in [-0.4, -0.2) is 47.0 Å². The number of hydrogen-bond donors (Lipinski definition) is 2. The molecule has 38 heavy (non-hydrogen) atoms. The molecule has 1 aliphatic heterocycles. The zero-order valence-corrected chi connectivity index (χ0v) is 23.9. The van der Waals surface area contributed by atoms with Crippen LogP contribution in [0.5, 0.6) is 0 Å². The average molecular weight is 524 g/mol. The highest BCUT2D eigenvalue weighted by molar-refractivity contribution is 6.83. The Kier molecular flexibility index (Phi) is 7.60. The maximum absolute atomic E-state index is 12.8. The van der Waals surface area contributed by atoms with Crippen molar-refractivity contribution in [3.63, 3.8) is 0 Å². The molecule has 0 unspecified atom stereocenters. The highest BCUT2D eigenvalue weighted by atomic mass is 28.3. The summed E-state index contributed by atoms with van der Waals surface area (Å²) >= 11 is 0. The number of hydrogen-bond acceptors (Lipinski definition) is 4. The van der Waals surface area contributed by atoms with E-state index in [1.54, 1.807) is 0 Å². The lowest BCUT2D eigenvalue weighted by Crippen LogP contribution is -2.44. The number of amides is 1. The number of carbonyl (C=O) groups is 1. The number of nitrogens with one attached hydrogen (secondary N) is 2. The van der Waals surface area contributed by atoms with Crippen LogP contribution in [0.3, 0.4) is 0 Å². The summed E-state index contributed by atoms with van der Waals surface area (Å²) in [5, 5.41) is 6.42. The predicted molar refractivity (Wildman–Crippen MR) is 158 cm³/mol. The molecule has 3 aromatic rings. The van der Waals surface area contributed by atoms with E-state index in [-0.39, 0.29) is 5.92 Å². The molecule has 0 radical (unpaired) electrons. The maximum atomic E-state index is 12.8. The Bertz CT molecular complexity index is 1350. The molecule has 5 nitrogen and oxygen atoms in total. The van der Waals surface area contributed by atoms with Gasteiger partial charge in [-0.3, -0.25) is 0 Å². The third kappa shape index (κ3) is 5.80. The first-order chi connectivity index (χ1) is 18.3. The van der Waals surface area contributed by atoms with Crippen LogP contribution < -0.4 is 15.5 Å². The minimum atomic E-state index is -1.52. The molecule has 6 heteroatoms. The maximum Gasteiger partial charge on any atom is 0.407 e. The topological polar surface area (TPSA) is 53.6 Å². The van der Waals surface area contributed by atoms with Gasteiger partial charge in [0.15, 0.2) is 0 Å². The van der Waals surface area contributed by atoms with Crippen LogP contribution in [0.25, 0.3) is 11.1 Å². The molecule has 1 fully saturated rings. The number of alkyl carbamates (subject to hydrolysis) is 1. The van der Waals surface area contributed by atoms with Crippen LogP contribution in [-0.2, 0) is 11.3 Å². The fraction of sp³-hybridized carbons (Fsp3) is 0.344. The van der Waals surface area contributed by atoms with Crippen molar-refractivity contribution >= 4 is 19.9 Å². The van der Waals surface area contributed by atoms with E-state index in [0.717, 1.165) is 37.3 Å². The van der Waals surface area contributed by atoms with Gasteiger partial charge < -0.3 is 20.3 Å². The number of ether oxygens (including phenoxy) is 1. The van der Waals surface area contributed by atoms with Gasteiger partial charge in [0.25, 0.3) is 0 Å². The van der Waals surface area contributed by atoms with Gasteiger partial charge in [-0.2, -0.15) is 0 Å². The van der Waals surface area contributed by atoms with E-state index < -0.39 is 14.2 Å². The van der Waals surface area contributed by atoms with Crippen LogP contribution in [0, 0.1) is 18.4 Å². The first kappa shape index (κ1) is 26.1. The molecule has 0 bridgehead atoms. The van der Waals surface area contributed by atoms with Crippen molar-refractivity contribution in [1.29, 1.82) is 0 Å². The van der Waals surface area contributed by atoms with E-state index in [0.29, 0.717) is 13.2 Å². The Morgan fingerprint density at radius 3 is 2.29 bits per heavy atom. The Morgan fingerprint density at radius 1 is 1.03 bits per heavy atom. The molecule has 3 aromatic carbocycles. The highest BCUT2D eigenvalue weighted by Gasteiger charge is 2.29. The molecular formula is C32H37N3O2Si. The standard InChI is InChI=1S/C32H37N3O2Si/c1-23-25(13-18-38(2,3)4)19-24(20-31(23)35-16-14-33-15-17-35)21-34-32(36)37-22-30-28-11-7-5-9-26(28)27-10-6-8-12-29(27)30/h5-12,19-20,30,33H,14-17,21-22H2,1-4H3,(H,34,36). The molecular weight excluding hydrogens is 486 g/mol. The van der Waals surface area contributed by atoms with Crippen LogP contribution in [0.2, 0.25) is 19.6 Å². The Morgan fingerprint density at radius 2 is 1.66 bits per heavy atom. The van der Waals surface area contributed by atoms with Crippen molar-refractivity contribution in [1.82, 2.24) is 10.6 Å². The fourth-order valence-electron chi connectivity index (χ4n) is 5.30. The molecule has 0 saturated carbocycles. The molecule has 0 atom stereocenters. The third-order valence-electron chi connectivity index (χ3n) is 7.25. The number of nitrogens with zero attached hydrogens (tertiary/aromatic N) is 1.